The maximum absolute atomic E-state index is 11.0. The molecule has 3 heteroatoms. The highest BCUT2D eigenvalue weighted by Crippen LogP contribution is 2.27. The molecule has 0 amide bonds. The predicted molar refractivity (Wildman–Crippen MR) is 64.1 cm³/mol. The van der Waals surface area contributed by atoms with Crippen LogP contribution in [-0.2, 0) is 0 Å². The van der Waals surface area contributed by atoms with Gasteiger partial charge in [0, 0.05) is 18.8 Å². The lowest BCUT2D eigenvalue weighted by molar-refractivity contribution is 0.0696. The van der Waals surface area contributed by atoms with Gasteiger partial charge in [-0.3, -0.25) is 0 Å². The van der Waals surface area contributed by atoms with Crippen LogP contribution in [0.25, 0.3) is 0 Å². The molecule has 2 rings (SSSR count). The predicted octanol–water partition coefficient (Wildman–Crippen LogP) is 2.54. The highest BCUT2D eigenvalue weighted by Gasteiger charge is 2.25. The van der Waals surface area contributed by atoms with E-state index in [1.807, 2.05) is 19.1 Å². The summed E-state index contributed by atoms with van der Waals surface area (Å²) in [6.07, 6.45) is 1.20. The number of carboxylic acid groups (broad SMARTS) is 1. The molecule has 0 atom stereocenters. The van der Waals surface area contributed by atoms with E-state index in [0.29, 0.717) is 5.56 Å². The van der Waals surface area contributed by atoms with Gasteiger partial charge in [-0.1, -0.05) is 13.0 Å². The van der Waals surface area contributed by atoms with Crippen molar-refractivity contribution in [3.8, 4) is 0 Å². The maximum atomic E-state index is 11.0. The lowest BCUT2D eigenvalue weighted by Crippen LogP contribution is -2.46. The van der Waals surface area contributed by atoms with Gasteiger partial charge in [0.1, 0.15) is 0 Å². The average molecular weight is 219 g/mol. The van der Waals surface area contributed by atoms with Crippen LogP contribution in [0.3, 0.4) is 0 Å². The average Bonchev–Trinajstić information content (AvgIpc) is 2.18. The van der Waals surface area contributed by atoms with Gasteiger partial charge in [0.25, 0.3) is 0 Å². The summed E-state index contributed by atoms with van der Waals surface area (Å²) in [6.45, 7) is 6.13. The van der Waals surface area contributed by atoms with Gasteiger partial charge in [-0.2, -0.15) is 0 Å². The lowest BCUT2D eigenvalue weighted by atomic mass is 9.96. The number of hydrogen-bond donors (Lipinski definition) is 1. The summed E-state index contributed by atoms with van der Waals surface area (Å²) in [5.74, 6) is -0.0681. The Bertz CT molecular complexity index is 408. The van der Waals surface area contributed by atoms with Crippen molar-refractivity contribution in [2.24, 2.45) is 5.92 Å². The van der Waals surface area contributed by atoms with Crippen molar-refractivity contribution < 1.29 is 9.90 Å². The van der Waals surface area contributed by atoms with Gasteiger partial charge in [-0.25, -0.2) is 4.79 Å². The number of carbonyl (C=O) groups is 1. The van der Waals surface area contributed by atoms with Crippen LogP contribution in [0.1, 0.15) is 29.3 Å². The fraction of sp³-hybridized carbons (Fsp3) is 0.462. The zero-order valence-corrected chi connectivity index (χ0v) is 9.73. The number of carboxylic acids is 1. The summed E-state index contributed by atoms with van der Waals surface area (Å²) >= 11 is 0. The van der Waals surface area contributed by atoms with E-state index < -0.39 is 5.97 Å². The van der Waals surface area contributed by atoms with Gasteiger partial charge in [0.2, 0.25) is 0 Å². The summed E-state index contributed by atoms with van der Waals surface area (Å²) in [5, 5.41) is 9.04. The van der Waals surface area contributed by atoms with Crippen LogP contribution >= 0.6 is 0 Å². The van der Waals surface area contributed by atoms with Gasteiger partial charge in [-0.15, -0.1) is 0 Å². The van der Waals surface area contributed by atoms with E-state index in [1.54, 1.807) is 6.07 Å². The van der Waals surface area contributed by atoms with Crippen molar-refractivity contribution in [1.29, 1.82) is 0 Å². The molecule has 1 fully saturated rings. The number of anilines is 1. The summed E-state index contributed by atoms with van der Waals surface area (Å²) < 4.78 is 0. The number of benzene rings is 1. The van der Waals surface area contributed by atoms with Crippen LogP contribution in [0.2, 0.25) is 0 Å². The molecule has 1 aliphatic heterocycles. The van der Waals surface area contributed by atoms with E-state index in [0.717, 1.165) is 30.3 Å². The number of aromatic carboxylic acids is 1. The minimum absolute atomic E-state index is 0.414. The van der Waals surface area contributed by atoms with E-state index >= 15 is 0 Å². The SMILES string of the molecule is CCC1CN(c2ccc(C)c(C(=O)O)c2)C1. The largest absolute Gasteiger partial charge is 0.478 e. The van der Waals surface area contributed by atoms with E-state index in [4.69, 9.17) is 5.11 Å². The van der Waals surface area contributed by atoms with Crippen molar-refractivity contribution in [2.45, 2.75) is 20.3 Å². The van der Waals surface area contributed by atoms with Gasteiger partial charge >= 0.3 is 5.97 Å². The molecule has 0 unspecified atom stereocenters. The minimum Gasteiger partial charge on any atom is -0.478 e. The molecule has 1 aliphatic rings. The zero-order valence-electron chi connectivity index (χ0n) is 9.73. The van der Waals surface area contributed by atoms with Crippen molar-refractivity contribution >= 4 is 11.7 Å². The molecule has 0 aromatic heterocycles. The van der Waals surface area contributed by atoms with Crippen LogP contribution in [0.15, 0.2) is 18.2 Å². The van der Waals surface area contributed by atoms with Gasteiger partial charge < -0.3 is 10.0 Å². The van der Waals surface area contributed by atoms with Gasteiger partial charge in [0.05, 0.1) is 5.56 Å². The van der Waals surface area contributed by atoms with Crippen LogP contribution in [0.5, 0.6) is 0 Å². The monoisotopic (exact) mass is 219 g/mol. The molecule has 1 heterocycles. The van der Waals surface area contributed by atoms with E-state index in [1.165, 1.54) is 6.42 Å². The second-order valence-corrected chi connectivity index (χ2v) is 4.48. The number of hydrogen-bond acceptors (Lipinski definition) is 2. The molecule has 0 spiro atoms. The van der Waals surface area contributed by atoms with Crippen molar-refractivity contribution in [3.63, 3.8) is 0 Å². The quantitative estimate of drug-likeness (QED) is 0.849. The molecule has 3 nitrogen and oxygen atoms in total. The molecule has 1 aromatic rings. The third-order valence-corrected chi connectivity index (χ3v) is 3.35. The van der Waals surface area contributed by atoms with Crippen LogP contribution in [0.4, 0.5) is 5.69 Å². The Kier molecular flexibility index (Phi) is 2.86. The third-order valence-electron chi connectivity index (χ3n) is 3.35. The van der Waals surface area contributed by atoms with E-state index in [-0.39, 0.29) is 0 Å². The first-order valence-corrected chi connectivity index (χ1v) is 5.70. The Hall–Kier alpha value is -1.51. The van der Waals surface area contributed by atoms with Gasteiger partial charge in [-0.05, 0) is 37.0 Å². The summed E-state index contributed by atoms with van der Waals surface area (Å²) in [7, 11) is 0. The fourth-order valence-electron chi connectivity index (χ4n) is 2.08. The molecule has 1 N–H and O–H groups in total. The summed E-state index contributed by atoms with van der Waals surface area (Å²) in [4.78, 5) is 13.2. The van der Waals surface area contributed by atoms with E-state index in [9.17, 15) is 4.79 Å². The molecule has 0 aliphatic carbocycles. The Labute approximate surface area is 95.7 Å². The smallest absolute Gasteiger partial charge is 0.336 e. The highest BCUT2D eigenvalue weighted by atomic mass is 16.4. The maximum Gasteiger partial charge on any atom is 0.336 e. The molecule has 1 aromatic carbocycles. The van der Waals surface area contributed by atoms with Crippen LogP contribution in [-0.4, -0.2) is 24.2 Å². The molecule has 16 heavy (non-hydrogen) atoms. The number of aryl methyl sites for hydroxylation is 1. The molecular weight excluding hydrogens is 202 g/mol. The standard InChI is InChI=1S/C13H17NO2/c1-3-10-7-14(8-10)11-5-4-9(2)12(6-11)13(15)16/h4-6,10H,3,7-8H2,1-2H3,(H,15,16). The second-order valence-electron chi connectivity index (χ2n) is 4.48. The molecule has 0 bridgehead atoms. The third kappa shape index (κ3) is 1.90. The van der Waals surface area contributed by atoms with Crippen molar-refractivity contribution in [3.05, 3.63) is 29.3 Å². The highest BCUT2D eigenvalue weighted by molar-refractivity contribution is 5.90. The molecule has 1 saturated heterocycles. The number of rotatable bonds is 3. The van der Waals surface area contributed by atoms with Crippen LogP contribution < -0.4 is 4.90 Å². The minimum atomic E-state index is -0.841. The normalized spacial score (nSPS) is 16.0. The molecule has 0 saturated carbocycles. The fourth-order valence-corrected chi connectivity index (χ4v) is 2.08. The Morgan fingerprint density at radius 1 is 1.50 bits per heavy atom. The molecular formula is C13H17NO2. The van der Waals surface area contributed by atoms with Crippen molar-refractivity contribution in [1.82, 2.24) is 0 Å². The Morgan fingerprint density at radius 2 is 2.19 bits per heavy atom. The lowest BCUT2D eigenvalue weighted by Gasteiger charge is -2.41. The summed E-state index contributed by atoms with van der Waals surface area (Å²) in [6, 6.07) is 5.68. The van der Waals surface area contributed by atoms with Gasteiger partial charge in [0.15, 0.2) is 0 Å². The molecule has 0 radical (unpaired) electrons. The second kappa shape index (κ2) is 4.16. The first kappa shape index (κ1) is 11.0. The van der Waals surface area contributed by atoms with Crippen LogP contribution in [0, 0.1) is 12.8 Å². The first-order valence-electron chi connectivity index (χ1n) is 5.70. The zero-order chi connectivity index (χ0) is 11.7. The van der Waals surface area contributed by atoms with Crippen molar-refractivity contribution in [2.75, 3.05) is 18.0 Å². The Balaban J connectivity index is 2.18. The Morgan fingerprint density at radius 3 is 2.75 bits per heavy atom. The first-order chi connectivity index (χ1) is 7.61. The topological polar surface area (TPSA) is 40.5 Å². The van der Waals surface area contributed by atoms with E-state index in [2.05, 4.69) is 11.8 Å². The summed E-state index contributed by atoms with van der Waals surface area (Å²) in [5.41, 5.74) is 2.27. The number of nitrogens with zero attached hydrogens (tertiary/aromatic N) is 1. The molecule has 86 valence electrons.